The number of aromatic nitrogens is 6. The maximum atomic E-state index is 14.6. The van der Waals surface area contributed by atoms with Crippen LogP contribution in [0.25, 0.3) is 45.0 Å². The fraction of sp³-hybridized carbons (Fsp3) is 0.175. The van der Waals surface area contributed by atoms with Crippen LogP contribution in [0.5, 0.6) is 23.0 Å². The van der Waals surface area contributed by atoms with Crippen molar-refractivity contribution in [1.29, 1.82) is 0 Å². The highest BCUT2D eigenvalue weighted by Crippen LogP contribution is 2.60. The van der Waals surface area contributed by atoms with Gasteiger partial charge in [-0.2, -0.15) is 5.10 Å². The number of carbonyl (C=O) groups excluding carboxylic acids is 1. The van der Waals surface area contributed by atoms with Crippen LogP contribution in [0.15, 0.2) is 82.2 Å². The van der Waals surface area contributed by atoms with E-state index < -0.39 is 16.7 Å². The number of H-pyrrole nitrogens is 2. The Labute approximate surface area is 300 Å². The molecule has 264 valence electrons. The van der Waals surface area contributed by atoms with Crippen molar-refractivity contribution in [3.8, 4) is 39.9 Å². The van der Waals surface area contributed by atoms with E-state index in [4.69, 9.17) is 14.5 Å². The maximum Gasteiger partial charge on any atom is 0.330 e. The zero-order valence-electron chi connectivity index (χ0n) is 29.1. The Morgan fingerprint density at radius 3 is 2.53 bits per heavy atom. The number of nitrogens with one attached hydrogen (secondary N) is 2. The molecule has 0 fully saturated rings. The number of methoxy groups -OCH3 is 1. The van der Waals surface area contributed by atoms with Crippen molar-refractivity contribution in [2.75, 3.05) is 7.11 Å². The van der Waals surface area contributed by atoms with Crippen molar-refractivity contribution in [1.82, 2.24) is 29.3 Å². The smallest absolute Gasteiger partial charge is 0.330 e. The quantitative estimate of drug-likeness (QED) is 0.172. The molecule has 4 N–H and O–H groups in total. The van der Waals surface area contributed by atoms with Crippen LogP contribution in [0.2, 0.25) is 0 Å². The number of carbonyl (C=O) groups is 1. The van der Waals surface area contributed by atoms with Crippen molar-refractivity contribution in [3.63, 3.8) is 0 Å². The number of nitrogens with zero attached hydrogens (tertiary/aromatic N) is 4. The highest BCUT2D eigenvalue weighted by Gasteiger charge is 2.55. The average Bonchev–Trinajstić information content (AvgIpc) is 3.82. The minimum atomic E-state index is -1.47. The van der Waals surface area contributed by atoms with Gasteiger partial charge in [-0.3, -0.25) is 19.1 Å². The van der Waals surface area contributed by atoms with Gasteiger partial charge in [0.2, 0.25) is 0 Å². The number of hydrogen-bond donors (Lipinski definition) is 4. The van der Waals surface area contributed by atoms with Crippen molar-refractivity contribution in [2.24, 2.45) is 0 Å². The van der Waals surface area contributed by atoms with Crippen LogP contribution >= 0.6 is 0 Å². The average molecular weight is 709 g/mol. The van der Waals surface area contributed by atoms with E-state index in [2.05, 4.69) is 15.1 Å². The van der Waals surface area contributed by atoms with Gasteiger partial charge in [0, 0.05) is 35.3 Å². The number of aryl methyl sites for hydroxylation is 3. The first-order chi connectivity index (χ1) is 25.5. The number of ketones is 1. The predicted octanol–water partition coefficient (Wildman–Crippen LogP) is 5.59. The van der Waals surface area contributed by atoms with Crippen molar-refractivity contribution in [3.05, 3.63) is 127 Å². The lowest BCUT2D eigenvalue weighted by Gasteiger charge is -2.27. The van der Waals surface area contributed by atoms with Gasteiger partial charge in [-0.25, -0.2) is 14.5 Å². The Hall–Kier alpha value is -6.89. The third-order valence-electron chi connectivity index (χ3n) is 10.6. The fourth-order valence-corrected chi connectivity index (χ4v) is 7.69. The molecule has 0 bridgehead atoms. The molecule has 0 unspecified atom stereocenters. The highest BCUT2D eigenvalue weighted by atomic mass is 16.5. The van der Waals surface area contributed by atoms with Crippen LogP contribution < -0.4 is 20.7 Å². The van der Waals surface area contributed by atoms with Gasteiger partial charge < -0.3 is 24.7 Å². The van der Waals surface area contributed by atoms with Gasteiger partial charge in [-0.15, -0.1) is 0 Å². The fourth-order valence-electron chi connectivity index (χ4n) is 7.69. The SMILES string of the molecule is COc1ccc2[nH]cc(CCn3c(=O)[nH]c(=O)c4ccc(-c5c(O)c(C)c(O)c6c5OC5=Cc7c(c(C)nn7-c7ccccc7)C(=O)[C@@]56C)nc43)c2c1. The molecule has 3 aromatic carbocycles. The summed E-state index contributed by atoms with van der Waals surface area (Å²) in [4.78, 5) is 51.4. The molecule has 1 atom stereocenters. The Kier molecular flexibility index (Phi) is 6.84. The van der Waals surface area contributed by atoms with Gasteiger partial charge in [0.15, 0.2) is 5.78 Å². The highest BCUT2D eigenvalue weighted by molar-refractivity contribution is 6.14. The monoisotopic (exact) mass is 708 g/mol. The number of rotatable bonds is 6. The van der Waals surface area contributed by atoms with Crippen LogP contribution in [0, 0.1) is 13.8 Å². The molecule has 0 radical (unpaired) electrons. The number of aromatic amines is 2. The second kappa shape index (κ2) is 11.3. The van der Waals surface area contributed by atoms with Crippen molar-refractivity contribution in [2.45, 2.75) is 39.2 Å². The molecule has 1 aliphatic heterocycles. The minimum absolute atomic E-state index is 0.0491. The molecule has 1 aliphatic carbocycles. The standard InChI is InChI=1S/C40H32N6O7/c1-19-33(47)31(35-32(34(19)48)40(3)29(53-35)17-28-30(36(40)49)20(2)44-46(28)22-8-6-5-7-9-22)27-13-11-24-37(42-27)45(39(51)43-38(24)50)15-14-21-18-41-26-12-10-23(52-4)16-25(21)26/h5-13,16-18,41,47-48H,14-15H2,1-4H3,(H,43,50,51)/t40-/m0/s1. The number of allylic oxidation sites excluding steroid dienone is 1. The normalized spacial score (nSPS) is 16.0. The van der Waals surface area contributed by atoms with Crippen molar-refractivity contribution < 1.29 is 24.5 Å². The molecule has 0 amide bonds. The van der Waals surface area contributed by atoms with Gasteiger partial charge in [-0.05, 0) is 75.2 Å². The minimum Gasteiger partial charge on any atom is -0.507 e. The second-order valence-corrected chi connectivity index (χ2v) is 13.5. The Morgan fingerprint density at radius 1 is 0.962 bits per heavy atom. The first-order valence-corrected chi connectivity index (χ1v) is 17.0. The summed E-state index contributed by atoms with van der Waals surface area (Å²) in [5.74, 6) is 0.0525. The van der Waals surface area contributed by atoms with Crippen LogP contribution in [0.3, 0.4) is 0 Å². The number of fused-ring (bicyclic) bond motifs is 6. The van der Waals surface area contributed by atoms with E-state index in [1.54, 1.807) is 37.8 Å². The Bertz CT molecular complexity index is 2880. The first kappa shape index (κ1) is 32.0. The van der Waals surface area contributed by atoms with E-state index in [0.29, 0.717) is 29.1 Å². The first-order valence-electron chi connectivity index (χ1n) is 17.0. The summed E-state index contributed by atoms with van der Waals surface area (Å²) in [6, 6.07) is 18.2. The molecule has 0 spiro atoms. The summed E-state index contributed by atoms with van der Waals surface area (Å²) >= 11 is 0. The third kappa shape index (κ3) is 4.46. The number of phenolic OH excluding ortho intramolecular Hbond substituents is 2. The predicted molar refractivity (Wildman–Crippen MR) is 197 cm³/mol. The van der Waals surface area contributed by atoms with E-state index in [1.807, 2.05) is 54.7 Å². The number of ether oxygens (including phenoxy) is 2. The number of phenols is 2. The number of para-hydroxylation sites is 1. The maximum absolute atomic E-state index is 14.6. The van der Waals surface area contributed by atoms with Crippen LogP contribution in [-0.2, 0) is 18.4 Å². The van der Waals surface area contributed by atoms with Crippen LogP contribution in [-0.4, -0.2) is 52.4 Å². The van der Waals surface area contributed by atoms with Gasteiger partial charge in [-0.1, -0.05) is 18.2 Å². The van der Waals surface area contributed by atoms with E-state index in [-0.39, 0.29) is 68.8 Å². The van der Waals surface area contributed by atoms with Gasteiger partial charge >= 0.3 is 5.69 Å². The number of aromatic hydroxyl groups is 2. The van der Waals surface area contributed by atoms with Gasteiger partial charge in [0.1, 0.15) is 39.8 Å². The summed E-state index contributed by atoms with van der Waals surface area (Å²) in [7, 11) is 1.60. The van der Waals surface area contributed by atoms with Crippen LogP contribution in [0.1, 0.15) is 45.4 Å². The van der Waals surface area contributed by atoms with E-state index in [0.717, 1.165) is 22.2 Å². The summed E-state index contributed by atoms with van der Waals surface area (Å²) in [6.45, 7) is 5.14. The molecule has 5 heterocycles. The zero-order chi connectivity index (χ0) is 36.9. The lowest BCUT2D eigenvalue weighted by molar-refractivity contribution is 0.0905. The third-order valence-corrected chi connectivity index (χ3v) is 10.6. The molecular formula is C40H32N6O7. The lowest BCUT2D eigenvalue weighted by atomic mass is 9.71. The topological polar surface area (TPSA) is 177 Å². The Morgan fingerprint density at radius 2 is 1.75 bits per heavy atom. The summed E-state index contributed by atoms with van der Waals surface area (Å²) < 4.78 is 14.9. The zero-order valence-corrected chi connectivity index (χ0v) is 29.1. The largest absolute Gasteiger partial charge is 0.507 e. The molecule has 13 nitrogen and oxygen atoms in total. The molecule has 53 heavy (non-hydrogen) atoms. The van der Waals surface area contributed by atoms with E-state index >= 15 is 0 Å². The molecule has 2 aliphatic rings. The number of benzene rings is 3. The van der Waals surface area contributed by atoms with E-state index in [9.17, 15) is 24.6 Å². The molecule has 9 rings (SSSR count). The number of hydrogen-bond acceptors (Lipinski definition) is 9. The molecule has 13 heteroatoms. The van der Waals surface area contributed by atoms with Crippen molar-refractivity contribution >= 4 is 33.8 Å². The molecule has 4 aromatic heterocycles. The summed E-state index contributed by atoms with van der Waals surface area (Å²) in [5, 5.41) is 29.0. The number of Topliss-reactive ketones (excluding diaryl/α,β-unsaturated/α-hetero) is 1. The summed E-state index contributed by atoms with van der Waals surface area (Å²) in [5.41, 5.74) is 1.96. The lowest BCUT2D eigenvalue weighted by Crippen LogP contribution is -2.36. The van der Waals surface area contributed by atoms with Gasteiger partial charge in [0.05, 0.1) is 52.0 Å². The summed E-state index contributed by atoms with van der Waals surface area (Å²) in [6.07, 6.45) is 4.02. The molecule has 0 saturated carbocycles. The van der Waals surface area contributed by atoms with E-state index in [1.165, 1.54) is 17.6 Å². The molecule has 0 saturated heterocycles. The second-order valence-electron chi connectivity index (χ2n) is 13.5. The molecule has 7 aromatic rings. The Balaban J connectivity index is 1.19. The van der Waals surface area contributed by atoms with Gasteiger partial charge in [0.25, 0.3) is 5.56 Å². The molecular weight excluding hydrogens is 676 g/mol. The number of pyridine rings is 1. The van der Waals surface area contributed by atoms with Crippen LogP contribution in [0.4, 0.5) is 0 Å².